The minimum atomic E-state index is -0.517. The lowest BCUT2D eigenvalue weighted by atomic mass is 9.95. The van der Waals surface area contributed by atoms with Crippen LogP contribution in [0, 0.1) is 12.8 Å². The molecule has 0 unspecified atom stereocenters. The number of rotatable bonds is 4. The van der Waals surface area contributed by atoms with Crippen molar-refractivity contribution in [3.63, 3.8) is 0 Å². The monoisotopic (exact) mass is 394 g/mol. The largest absolute Gasteiger partial charge is 0.495 e. The van der Waals surface area contributed by atoms with E-state index in [1.165, 1.54) is 19.1 Å². The molecular weight excluding hydrogens is 372 g/mol. The van der Waals surface area contributed by atoms with Crippen LogP contribution in [-0.4, -0.2) is 56.0 Å². The van der Waals surface area contributed by atoms with Gasteiger partial charge < -0.3 is 9.47 Å². The first-order chi connectivity index (χ1) is 12.9. The van der Waals surface area contributed by atoms with Crippen LogP contribution in [0.15, 0.2) is 12.1 Å². The van der Waals surface area contributed by atoms with Crippen LogP contribution in [0.2, 0.25) is 5.02 Å². The quantitative estimate of drug-likeness (QED) is 0.575. The number of likely N-dealkylation sites (tertiary alicyclic amines) is 1. The third kappa shape index (κ3) is 3.66. The predicted octanol–water partition coefficient (Wildman–Crippen LogP) is 2.17. The summed E-state index contributed by atoms with van der Waals surface area (Å²) in [4.78, 5) is 40.5. The second-order valence-electron chi connectivity index (χ2n) is 6.89. The number of imide groups is 1. The Kier molecular flexibility index (Phi) is 5.72. The van der Waals surface area contributed by atoms with Gasteiger partial charge in [-0.05, 0) is 44.5 Å². The Balaban J connectivity index is 1.79. The van der Waals surface area contributed by atoms with Crippen molar-refractivity contribution in [2.24, 2.45) is 5.92 Å². The molecule has 0 radical (unpaired) electrons. The van der Waals surface area contributed by atoms with Crippen molar-refractivity contribution in [1.29, 1.82) is 0 Å². The number of hydrogen-bond donors (Lipinski definition) is 0. The van der Waals surface area contributed by atoms with Gasteiger partial charge in [0.05, 0.1) is 38.3 Å². The summed E-state index contributed by atoms with van der Waals surface area (Å²) < 4.78 is 10.1. The molecule has 1 aromatic carbocycles. The van der Waals surface area contributed by atoms with Crippen molar-refractivity contribution < 1.29 is 23.9 Å². The van der Waals surface area contributed by atoms with Gasteiger partial charge in [-0.25, -0.2) is 4.90 Å². The van der Waals surface area contributed by atoms with Crippen LogP contribution >= 0.6 is 11.6 Å². The van der Waals surface area contributed by atoms with E-state index in [1.54, 1.807) is 12.1 Å². The van der Waals surface area contributed by atoms with Gasteiger partial charge in [-0.2, -0.15) is 0 Å². The molecule has 1 atom stereocenters. The van der Waals surface area contributed by atoms with Gasteiger partial charge in [-0.15, -0.1) is 0 Å². The third-order valence-electron chi connectivity index (χ3n) is 5.33. The lowest BCUT2D eigenvalue weighted by Gasteiger charge is -2.33. The number of anilines is 1. The molecular formula is C19H23ClN2O5. The van der Waals surface area contributed by atoms with E-state index in [2.05, 4.69) is 0 Å². The highest BCUT2D eigenvalue weighted by atomic mass is 35.5. The van der Waals surface area contributed by atoms with Crippen molar-refractivity contribution in [3.8, 4) is 5.75 Å². The number of carbonyl (C=O) groups is 3. The zero-order chi connectivity index (χ0) is 19.7. The number of methoxy groups -OCH3 is 2. The maximum atomic E-state index is 13.0. The average molecular weight is 395 g/mol. The highest BCUT2D eigenvalue weighted by Crippen LogP contribution is 2.37. The number of ether oxygens (including phenoxy) is 2. The summed E-state index contributed by atoms with van der Waals surface area (Å²) >= 11 is 6.13. The molecule has 146 valence electrons. The van der Waals surface area contributed by atoms with E-state index in [0.717, 1.165) is 5.56 Å². The van der Waals surface area contributed by atoms with Crippen molar-refractivity contribution in [1.82, 2.24) is 4.90 Å². The summed E-state index contributed by atoms with van der Waals surface area (Å²) in [5, 5.41) is 0.510. The average Bonchev–Trinajstić information content (AvgIpc) is 2.97. The van der Waals surface area contributed by atoms with Crippen molar-refractivity contribution in [2.75, 3.05) is 32.2 Å². The number of esters is 1. The Labute approximate surface area is 163 Å². The number of aryl methyl sites for hydroxylation is 1. The van der Waals surface area contributed by atoms with Crippen molar-refractivity contribution in [3.05, 3.63) is 22.7 Å². The normalized spacial score (nSPS) is 21.6. The number of hydrogen-bond acceptors (Lipinski definition) is 6. The lowest BCUT2D eigenvalue weighted by Crippen LogP contribution is -2.47. The highest BCUT2D eigenvalue weighted by molar-refractivity contribution is 6.32. The molecule has 2 saturated heterocycles. The third-order valence-corrected chi connectivity index (χ3v) is 5.74. The first kappa shape index (κ1) is 19.6. The van der Waals surface area contributed by atoms with E-state index >= 15 is 0 Å². The summed E-state index contributed by atoms with van der Waals surface area (Å²) in [7, 11) is 2.86. The zero-order valence-electron chi connectivity index (χ0n) is 15.7. The summed E-state index contributed by atoms with van der Waals surface area (Å²) in [6.07, 6.45) is 1.36. The molecule has 2 aliphatic rings. The molecule has 7 nitrogen and oxygen atoms in total. The molecule has 2 aliphatic heterocycles. The summed E-state index contributed by atoms with van der Waals surface area (Å²) in [6, 6.07) is 2.79. The molecule has 3 rings (SSSR count). The SMILES string of the molecule is COC(=O)C1CCN([C@@H]2CC(=O)N(c3cc(C)c(Cl)cc3OC)C2=O)CC1. The summed E-state index contributed by atoms with van der Waals surface area (Å²) in [5.74, 6) is -0.506. The molecule has 0 aliphatic carbocycles. The Hall–Kier alpha value is -2.12. The number of amides is 2. The van der Waals surface area contributed by atoms with E-state index < -0.39 is 6.04 Å². The van der Waals surface area contributed by atoms with Gasteiger partial charge in [0.1, 0.15) is 5.75 Å². The van der Waals surface area contributed by atoms with Crippen LogP contribution in [0.1, 0.15) is 24.8 Å². The number of piperidine rings is 1. The molecule has 1 aromatic rings. The van der Waals surface area contributed by atoms with E-state index in [1.807, 2.05) is 11.8 Å². The zero-order valence-corrected chi connectivity index (χ0v) is 16.4. The van der Waals surface area contributed by atoms with Gasteiger partial charge in [0, 0.05) is 11.1 Å². The van der Waals surface area contributed by atoms with Gasteiger partial charge in [0.25, 0.3) is 5.91 Å². The summed E-state index contributed by atoms with van der Waals surface area (Å²) in [5.41, 5.74) is 1.18. The maximum absolute atomic E-state index is 13.0. The van der Waals surface area contributed by atoms with Crippen LogP contribution in [0.4, 0.5) is 5.69 Å². The predicted molar refractivity (Wildman–Crippen MR) is 100.0 cm³/mol. The Morgan fingerprint density at radius 1 is 1.19 bits per heavy atom. The fraction of sp³-hybridized carbons (Fsp3) is 0.526. The first-order valence-electron chi connectivity index (χ1n) is 8.90. The maximum Gasteiger partial charge on any atom is 0.308 e. The minimum Gasteiger partial charge on any atom is -0.495 e. The fourth-order valence-electron chi connectivity index (χ4n) is 3.75. The standard InChI is InChI=1S/C19H23ClN2O5/c1-11-8-14(16(26-2)9-13(11)20)22-17(23)10-15(18(22)24)21-6-4-12(5-7-21)19(25)27-3/h8-9,12,15H,4-7,10H2,1-3H3/t15-/m1/s1. The Morgan fingerprint density at radius 2 is 1.85 bits per heavy atom. The van der Waals surface area contributed by atoms with Gasteiger partial charge in [0.15, 0.2) is 0 Å². The number of halogens is 1. The number of benzene rings is 1. The molecule has 2 amide bonds. The molecule has 2 heterocycles. The second kappa shape index (κ2) is 7.86. The van der Waals surface area contributed by atoms with Gasteiger partial charge in [0.2, 0.25) is 5.91 Å². The topological polar surface area (TPSA) is 76.2 Å². The molecule has 27 heavy (non-hydrogen) atoms. The highest BCUT2D eigenvalue weighted by Gasteiger charge is 2.45. The first-order valence-corrected chi connectivity index (χ1v) is 9.28. The van der Waals surface area contributed by atoms with E-state index in [4.69, 9.17) is 21.1 Å². The van der Waals surface area contributed by atoms with Crippen LogP contribution in [0.5, 0.6) is 5.75 Å². The van der Waals surface area contributed by atoms with Gasteiger partial charge in [-0.3, -0.25) is 19.3 Å². The van der Waals surface area contributed by atoms with Gasteiger partial charge in [-0.1, -0.05) is 11.6 Å². The molecule has 2 fully saturated rings. The molecule has 0 N–H and O–H groups in total. The van der Waals surface area contributed by atoms with Crippen molar-refractivity contribution in [2.45, 2.75) is 32.2 Å². The van der Waals surface area contributed by atoms with Crippen molar-refractivity contribution >= 4 is 35.1 Å². The van der Waals surface area contributed by atoms with Gasteiger partial charge >= 0.3 is 5.97 Å². The van der Waals surface area contributed by atoms with Crippen LogP contribution in [0.25, 0.3) is 0 Å². The van der Waals surface area contributed by atoms with Crippen LogP contribution < -0.4 is 9.64 Å². The lowest BCUT2D eigenvalue weighted by molar-refractivity contribution is -0.147. The van der Waals surface area contributed by atoms with Crippen LogP contribution in [-0.2, 0) is 19.1 Å². The van der Waals surface area contributed by atoms with E-state index in [-0.39, 0.29) is 30.1 Å². The minimum absolute atomic E-state index is 0.118. The Morgan fingerprint density at radius 3 is 2.44 bits per heavy atom. The second-order valence-corrected chi connectivity index (χ2v) is 7.30. The van der Waals surface area contributed by atoms with Crippen LogP contribution in [0.3, 0.4) is 0 Å². The van der Waals surface area contributed by atoms with E-state index in [9.17, 15) is 14.4 Å². The smallest absolute Gasteiger partial charge is 0.308 e. The molecule has 0 aromatic heterocycles. The molecule has 0 spiro atoms. The fourth-order valence-corrected chi connectivity index (χ4v) is 3.91. The number of nitrogens with zero attached hydrogens (tertiary/aromatic N) is 2. The number of carbonyl (C=O) groups excluding carboxylic acids is 3. The Bertz CT molecular complexity index is 774. The molecule has 8 heteroatoms. The van der Waals surface area contributed by atoms with E-state index in [0.29, 0.717) is 42.4 Å². The molecule has 0 saturated carbocycles. The molecule has 0 bridgehead atoms. The summed E-state index contributed by atoms with van der Waals surface area (Å²) in [6.45, 7) is 2.97.